The van der Waals surface area contributed by atoms with Gasteiger partial charge in [-0.2, -0.15) is 0 Å². The number of carbonyl (C=O) groups excluding carboxylic acids is 2. The van der Waals surface area contributed by atoms with Crippen LogP contribution in [0.1, 0.15) is 41.7 Å². The first kappa shape index (κ1) is 18.0. The van der Waals surface area contributed by atoms with Gasteiger partial charge in [0.15, 0.2) is 0 Å². The van der Waals surface area contributed by atoms with Crippen LogP contribution in [0, 0.1) is 5.92 Å². The van der Waals surface area contributed by atoms with Crippen molar-refractivity contribution >= 4 is 23.2 Å². The first-order valence-electron chi connectivity index (χ1n) is 8.93. The second-order valence-corrected chi connectivity index (χ2v) is 7.00. The molecule has 0 spiro atoms. The van der Waals surface area contributed by atoms with E-state index in [9.17, 15) is 9.59 Å². The molecule has 0 aromatic heterocycles. The number of rotatable bonds is 6. The smallest absolute Gasteiger partial charge is 0.253 e. The van der Waals surface area contributed by atoms with E-state index in [2.05, 4.69) is 10.6 Å². The Morgan fingerprint density at radius 1 is 1.08 bits per heavy atom. The Bertz CT molecular complexity index is 798. The van der Waals surface area contributed by atoms with Gasteiger partial charge in [0.05, 0.1) is 11.6 Å². The maximum atomic E-state index is 12.9. The number of nitrogens with zero attached hydrogens (tertiary/aromatic N) is 1. The third-order valence-electron chi connectivity index (χ3n) is 4.59. The van der Waals surface area contributed by atoms with Crippen LogP contribution in [0.25, 0.3) is 0 Å². The van der Waals surface area contributed by atoms with Crippen molar-refractivity contribution in [3.8, 4) is 0 Å². The first-order chi connectivity index (χ1) is 12.5. The second-order valence-electron chi connectivity index (χ2n) is 7.00. The van der Waals surface area contributed by atoms with E-state index < -0.39 is 0 Å². The standard InChI is InChI=1S/C21H25N3O2/c1-14(15-7-5-4-6-8-15)22-21(26)18-13-17(11-12-19(18)24(2)3)23-20(25)16-9-10-16/h4-8,11-14,16H,9-10H2,1-3H3,(H,22,26)(H,23,25)/t14-/m0/s1. The molecular weight excluding hydrogens is 326 g/mol. The molecule has 2 aromatic rings. The fraction of sp³-hybridized carbons (Fsp3) is 0.333. The molecule has 0 radical (unpaired) electrons. The highest BCUT2D eigenvalue weighted by Crippen LogP contribution is 2.31. The topological polar surface area (TPSA) is 61.4 Å². The summed E-state index contributed by atoms with van der Waals surface area (Å²) in [5.74, 6) is -0.00177. The first-order valence-corrected chi connectivity index (χ1v) is 8.93. The third-order valence-corrected chi connectivity index (χ3v) is 4.59. The van der Waals surface area contributed by atoms with Gasteiger partial charge in [-0.3, -0.25) is 9.59 Å². The molecule has 26 heavy (non-hydrogen) atoms. The van der Waals surface area contributed by atoms with Gasteiger partial charge in [0.25, 0.3) is 5.91 Å². The van der Waals surface area contributed by atoms with Crippen molar-refractivity contribution in [3.05, 3.63) is 59.7 Å². The zero-order valence-corrected chi connectivity index (χ0v) is 15.5. The molecule has 2 aromatic carbocycles. The average Bonchev–Trinajstić information content (AvgIpc) is 3.47. The highest BCUT2D eigenvalue weighted by Gasteiger charge is 2.29. The van der Waals surface area contributed by atoms with Gasteiger partial charge in [0, 0.05) is 31.4 Å². The molecular formula is C21H25N3O2. The lowest BCUT2D eigenvalue weighted by atomic mass is 10.1. The van der Waals surface area contributed by atoms with Gasteiger partial charge in [-0.15, -0.1) is 0 Å². The molecule has 136 valence electrons. The quantitative estimate of drug-likeness (QED) is 0.836. The van der Waals surface area contributed by atoms with Crippen LogP contribution in [0.5, 0.6) is 0 Å². The zero-order valence-electron chi connectivity index (χ0n) is 15.5. The van der Waals surface area contributed by atoms with Gasteiger partial charge < -0.3 is 15.5 Å². The molecule has 1 aliphatic rings. The maximum Gasteiger partial charge on any atom is 0.253 e. The van der Waals surface area contributed by atoms with E-state index in [1.807, 2.05) is 68.4 Å². The molecule has 1 aliphatic carbocycles. The summed E-state index contributed by atoms with van der Waals surface area (Å²) >= 11 is 0. The Labute approximate surface area is 154 Å². The van der Waals surface area contributed by atoms with Gasteiger partial charge in [-0.1, -0.05) is 30.3 Å². The Balaban J connectivity index is 1.80. The maximum absolute atomic E-state index is 12.9. The molecule has 0 aliphatic heterocycles. The molecule has 1 fully saturated rings. The van der Waals surface area contributed by atoms with Crippen LogP contribution in [0.3, 0.4) is 0 Å². The summed E-state index contributed by atoms with van der Waals surface area (Å²) in [6.07, 6.45) is 1.90. The molecule has 1 atom stereocenters. The van der Waals surface area contributed by atoms with E-state index in [0.29, 0.717) is 11.3 Å². The number of benzene rings is 2. The highest BCUT2D eigenvalue weighted by molar-refractivity contribution is 6.02. The SMILES string of the molecule is C[C@H](NC(=O)c1cc(NC(=O)C2CC2)ccc1N(C)C)c1ccccc1. The second kappa shape index (κ2) is 7.60. The van der Waals surface area contributed by atoms with E-state index in [0.717, 1.165) is 24.1 Å². The molecule has 0 saturated heterocycles. The molecule has 0 unspecified atom stereocenters. The largest absolute Gasteiger partial charge is 0.377 e. The van der Waals surface area contributed by atoms with Crippen LogP contribution < -0.4 is 15.5 Å². The van der Waals surface area contributed by atoms with E-state index in [1.54, 1.807) is 6.07 Å². The van der Waals surface area contributed by atoms with Crippen molar-refractivity contribution in [2.75, 3.05) is 24.3 Å². The average molecular weight is 351 g/mol. The normalized spacial score (nSPS) is 14.4. The molecule has 0 heterocycles. The Hall–Kier alpha value is -2.82. The van der Waals surface area contributed by atoms with Gasteiger partial charge in [-0.05, 0) is 43.5 Å². The van der Waals surface area contributed by atoms with Crippen LogP contribution in [0.2, 0.25) is 0 Å². The third kappa shape index (κ3) is 4.23. The Kier molecular flexibility index (Phi) is 5.26. The van der Waals surface area contributed by atoms with Crippen molar-refractivity contribution in [2.45, 2.75) is 25.8 Å². The minimum absolute atomic E-state index is 0.0339. The molecule has 2 amide bonds. The summed E-state index contributed by atoms with van der Waals surface area (Å²) in [6.45, 7) is 1.96. The van der Waals surface area contributed by atoms with Crippen LogP contribution in [-0.2, 0) is 4.79 Å². The molecule has 5 heteroatoms. The van der Waals surface area contributed by atoms with Gasteiger partial charge in [0.1, 0.15) is 0 Å². The van der Waals surface area contributed by atoms with E-state index in [4.69, 9.17) is 0 Å². The van der Waals surface area contributed by atoms with Gasteiger partial charge >= 0.3 is 0 Å². The summed E-state index contributed by atoms with van der Waals surface area (Å²) in [5.41, 5.74) is 3.06. The molecule has 2 N–H and O–H groups in total. The minimum atomic E-state index is -0.160. The number of hydrogen-bond donors (Lipinski definition) is 2. The van der Waals surface area contributed by atoms with Crippen LogP contribution in [0.4, 0.5) is 11.4 Å². The van der Waals surface area contributed by atoms with E-state index in [1.165, 1.54) is 0 Å². The predicted octanol–water partition coefficient (Wildman–Crippen LogP) is 3.59. The number of hydrogen-bond acceptors (Lipinski definition) is 3. The summed E-state index contributed by atoms with van der Waals surface area (Å²) in [4.78, 5) is 26.8. The lowest BCUT2D eigenvalue weighted by Gasteiger charge is -2.20. The van der Waals surface area contributed by atoms with E-state index >= 15 is 0 Å². The molecule has 3 rings (SSSR count). The molecule has 5 nitrogen and oxygen atoms in total. The van der Waals surface area contributed by atoms with Crippen LogP contribution in [0.15, 0.2) is 48.5 Å². The molecule has 0 bridgehead atoms. The minimum Gasteiger partial charge on any atom is -0.377 e. The lowest BCUT2D eigenvalue weighted by molar-refractivity contribution is -0.117. The van der Waals surface area contributed by atoms with Crippen molar-refractivity contribution in [1.29, 1.82) is 0 Å². The monoisotopic (exact) mass is 351 g/mol. The predicted molar refractivity (Wildman–Crippen MR) is 104 cm³/mol. The summed E-state index contributed by atoms with van der Waals surface area (Å²) in [5, 5.41) is 5.96. The Morgan fingerprint density at radius 2 is 1.77 bits per heavy atom. The number of carbonyl (C=O) groups is 2. The van der Waals surface area contributed by atoms with E-state index in [-0.39, 0.29) is 23.8 Å². The fourth-order valence-corrected chi connectivity index (χ4v) is 2.87. The van der Waals surface area contributed by atoms with Crippen LogP contribution in [-0.4, -0.2) is 25.9 Å². The van der Waals surface area contributed by atoms with Crippen LogP contribution >= 0.6 is 0 Å². The highest BCUT2D eigenvalue weighted by atomic mass is 16.2. The van der Waals surface area contributed by atoms with Crippen molar-refractivity contribution < 1.29 is 9.59 Å². The van der Waals surface area contributed by atoms with Gasteiger partial charge in [-0.25, -0.2) is 0 Å². The lowest BCUT2D eigenvalue weighted by Crippen LogP contribution is -2.28. The van der Waals surface area contributed by atoms with Crippen molar-refractivity contribution in [2.24, 2.45) is 5.92 Å². The number of nitrogens with one attached hydrogen (secondary N) is 2. The number of amides is 2. The zero-order chi connectivity index (χ0) is 18.7. The summed E-state index contributed by atoms with van der Waals surface area (Å²) < 4.78 is 0. The summed E-state index contributed by atoms with van der Waals surface area (Å²) in [7, 11) is 3.80. The molecule has 1 saturated carbocycles. The van der Waals surface area contributed by atoms with Crippen molar-refractivity contribution in [1.82, 2.24) is 5.32 Å². The van der Waals surface area contributed by atoms with Crippen molar-refractivity contribution in [3.63, 3.8) is 0 Å². The Morgan fingerprint density at radius 3 is 2.38 bits per heavy atom. The number of anilines is 2. The summed E-state index contributed by atoms with van der Waals surface area (Å²) in [6, 6.07) is 15.2. The fourth-order valence-electron chi connectivity index (χ4n) is 2.87. The van der Waals surface area contributed by atoms with Gasteiger partial charge in [0.2, 0.25) is 5.91 Å².